The Kier molecular flexibility index (Phi) is 5.64. The van der Waals surface area contributed by atoms with Crippen molar-refractivity contribution >= 4 is 17.4 Å². The van der Waals surface area contributed by atoms with E-state index in [1.54, 1.807) is 0 Å². The van der Waals surface area contributed by atoms with Crippen molar-refractivity contribution < 1.29 is 26.3 Å². The molecule has 0 bridgehead atoms. The number of ketones is 1. The van der Waals surface area contributed by atoms with Gasteiger partial charge in [0, 0.05) is 16.1 Å². The number of Topliss-reactive ketones (excluding diaryl/α,β-unsaturated/α-hetero) is 1. The van der Waals surface area contributed by atoms with Gasteiger partial charge in [0.25, 0.3) is 5.82 Å². The molecular weight excluding hydrogens is 412 g/mol. The average molecular weight is 432 g/mol. The first-order chi connectivity index (χ1) is 12.1. The van der Waals surface area contributed by atoms with Crippen LogP contribution in [0.15, 0.2) is 54.7 Å². The lowest BCUT2D eigenvalue weighted by atomic mass is 10.1. The number of imidazole rings is 1. The molecule has 0 aliphatic carbocycles. The summed E-state index contributed by atoms with van der Waals surface area (Å²) in [5.41, 5.74) is 4.22. The zero-order valence-electron chi connectivity index (χ0n) is 14.6. The highest BCUT2D eigenvalue weighted by atomic mass is 79.9. The summed E-state index contributed by atoms with van der Waals surface area (Å²) in [7, 11) is 0. The van der Waals surface area contributed by atoms with Gasteiger partial charge in [-0.1, -0.05) is 41.4 Å². The van der Waals surface area contributed by atoms with Crippen LogP contribution in [-0.4, -0.2) is 10.4 Å². The summed E-state index contributed by atoms with van der Waals surface area (Å²) in [6.07, 6.45) is 4.23. The van der Waals surface area contributed by atoms with E-state index in [1.807, 2.05) is 55.5 Å². The minimum absolute atomic E-state index is 0. The molecule has 134 valence electrons. The standard InChI is InChI=1S/C21H20ClN2O.BrH/c1-15-4-6-17(7-5-15)20(25)14-23-13-19(24-12-2-3-21(23)24)16-8-10-18(22)11-9-16;/h4-11,13H,2-3,12,14H2,1H3;1H/q+1;/p-1. The Balaban J connectivity index is 0.00000196. The van der Waals surface area contributed by atoms with Gasteiger partial charge in [-0.05, 0) is 37.6 Å². The molecule has 2 aromatic carbocycles. The van der Waals surface area contributed by atoms with Crippen molar-refractivity contribution in [2.75, 3.05) is 0 Å². The summed E-state index contributed by atoms with van der Waals surface area (Å²) in [6, 6.07) is 15.7. The predicted octanol–water partition coefficient (Wildman–Crippen LogP) is 1.24. The Morgan fingerprint density at radius 2 is 1.81 bits per heavy atom. The highest BCUT2D eigenvalue weighted by Crippen LogP contribution is 2.26. The molecule has 3 nitrogen and oxygen atoms in total. The topological polar surface area (TPSA) is 25.9 Å². The van der Waals surface area contributed by atoms with Crippen LogP contribution in [0.3, 0.4) is 0 Å². The number of carbonyl (C=O) groups excluding carboxylic acids is 1. The van der Waals surface area contributed by atoms with Crippen molar-refractivity contribution in [3.63, 3.8) is 0 Å². The molecule has 3 aromatic rings. The van der Waals surface area contributed by atoms with E-state index in [1.165, 1.54) is 11.4 Å². The second-order valence-electron chi connectivity index (χ2n) is 6.61. The van der Waals surface area contributed by atoms with Gasteiger partial charge in [0.1, 0.15) is 6.20 Å². The molecule has 0 radical (unpaired) electrons. The molecule has 4 rings (SSSR count). The molecule has 26 heavy (non-hydrogen) atoms. The first-order valence-corrected chi connectivity index (χ1v) is 8.97. The number of nitrogens with zero attached hydrogens (tertiary/aromatic N) is 2. The summed E-state index contributed by atoms with van der Waals surface area (Å²) >= 11 is 6.01. The largest absolute Gasteiger partial charge is 1.00 e. The summed E-state index contributed by atoms with van der Waals surface area (Å²) in [6.45, 7) is 3.41. The van der Waals surface area contributed by atoms with Gasteiger partial charge in [-0.15, -0.1) is 0 Å². The molecule has 1 aliphatic heterocycles. The van der Waals surface area contributed by atoms with Crippen LogP contribution in [0.1, 0.15) is 28.2 Å². The fourth-order valence-electron chi connectivity index (χ4n) is 3.48. The number of halogens is 2. The van der Waals surface area contributed by atoms with Crippen LogP contribution >= 0.6 is 11.6 Å². The smallest absolute Gasteiger partial charge is 0.257 e. The maximum Gasteiger partial charge on any atom is 0.257 e. The van der Waals surface area contributed by atoms with E-state index >= 15 is 0 Å². The number of hydrogen-bond donors (Lipinski definition) is 0. The van der Waals surface area contributed by atoms with Crippen molar-refractivity contribution in [2.45, 2.75) is 32.9 Å². The van der Waals surface area contributed by atoms with E-state index in [0.29, 0.717) is 6.54 Å². The van der Waals surface area contributed by atoms with Crippen LogP contribution in [0.4, 0.5) is 0 Å². The summed E-state index contributed by atoms with van der Waals surface area (Å²) < 4.78 is 4.44. The van der Waals surface area contributed by atoms with E-state index in [4.69, 9.17) is 11.6 Å². The molecule has 0 spiro atoms. The molecule has 0 saturated carbocycles. The van der Waals surface area contributed by atoms with Gasteiger partial charge < -0.3 is 17.0 Å². The fraction of sp³-hybridized carbons (Fsp3) is 0.238. The Morgan fingerprint density at radius 3 is 2.50 bits per heavy atom. The number of rotatable bonds is 4. The highest BCUT2D eigenvalue weighted by Gasteiger charge is 2.29. The Morgan fingerprint density at radius 1 is 1.12 bits per heavy atom. The van der Waals surface area contributed by atoms with Crippen LogP contribution in [0.25, 0.3) is 11.3 Å². The first kappa shape index (κ1) is 18.9. The normalized spacial score (nSPS) is 12.5. The van der Waals surface area contributed by atoms with E-state index in [-0.39, 0.29) is 22.8 Å². The molecule has 0 N–H and O–H groups in total. The van der Waals surface area contributed by atoms with Gasteiger partial charge in [-0.2, -0.15) is 0 Å². The van der Waals surface area contributed by atoms with E-state index in [9.17, 15) is 4.79 Å². The first-order valence-electron chi connectivity index (χ1n) is 8.59. The molecule has 2 heterocycles. The van der Waals surface area contributed by atoms with Crippen LogP contribution in [0.2, 0.25) is 5.02 Å². The minimum Gasteiger partial charge on any atom is -1.00 e. The highest BCUT2D eigenvalue weighted by molar-refractivity contribution is 6.30. The second kappa shape index (κ2) is 7.77. The lowest BCUT2D eigenvalue weighted by Gasteiger charge is -2.01. The van der Waals surface area contributed by atoms with Gasteiger partial charge in [-0.3, -0.25) is 4.79 Å². The third kappa shape index (κ3) is 3.62. The zero-order valence-corrected chi connectivity index (χ0v) is 16.9. The Bertz CT molecular complexity index is 930. The minimum atomic E-state index is 0. The summed E-state index contributed by atoms with van der Waals surface area (Å²) in [4.78, 5) is 12.7. The maximum absolute atomic E-state index is 12.7. The quantitative estimate of drug-likeness (QED) is 0.451. The fourth-order valence-corrected chi connectivity index (χ4v) is 3.61. The van der Waals surface area contributed by atoms with Gasteiger partial charge in [0.2, 0.25) is 5.78 Å². The predicted molar refractivity (Wildman–Crippen MR) is 98.9 cm³/mol. The van der Waals surface area contributed by atoms with Crippen molar-refractivity contribution in [1.29, 1.82) is 0 Å². The SMILES string of the molecule is Cc1ccc(C(=O)C[n+]2cc(-c3ccc(Cl)cc3)n3c2CCC3)cc1.[Br-]. The summed E-state index contributed by atoms with van der Waals surface area (Å²) in [5, 5.41) is 0.736. The van der Waals surface area contributed by atoms with Crippen LogP contribution in [0.5, 0.6) is 0 Å². The Hall–Kier alpha value is -1.91. The number of carbonyl (C=O) groups is 1. The number of aromatic nitrogens is 2. The number of hydrogen-bond acceptors (Lipinski definition) is 1. The number of aryl methyl sites for hydroxylation is 1. The molecule has 0 amide bonds. The molecule has 1 aliphatic rings. The van der Waals surface area contributed by atoms with Crippen molar-refractivity contribution in [3.05, 3.63) is 76.7 Å². The molecule has 1 aromatic heterocycles. The lowest BCUT2D eigenvalue weighted by Crippen LogP contribution is -3.00. The van der Waals surface area contributed by atoms with Gasteiger partial charge in [0.05, 0.1) is 13.0 Å². The van der Waals surface area contributed by atoms with Crippen molar-refractivity contribution in [1.82, 2.24) is 4.57 Å². The van der Waals surface area contributed by atoms with Gasteiger partial charge in [0.15, 0.2) is 12.2 Å². The molecule has 0 atom stereocenters. The van der Waals surface area contributed by atoms with Crippen molar-refractivity contribution in [2.24, 2.45) is 0 Å². The molecule has 5 heteroatoms. The average Bonchev–Trinajstić information content (AvgIpc) is 3.20. The molecular formula is C21H20BrClN2O. The molecule has 0 fully saturated rings. The van der Waals surface area contributed by atoms with Crippen LogP contribution in [-0.2, 0) is 19.5 Å². The number of fused-ring (bicyclic) bond motifs is 1. The summed E-state index contributed by atoms with van der Waals surface area (Å²) in [5.74, 6) is 1.37. The second-order valence-corrected chi connectivity index (χ2v) is 7.05. The third-order valence-corrected chi connectivity index (χ3v) is 5.07. The van der Waals surface area contributed by atoms with E-state index in [2.05, 4.69) is 15.3 Å². The monoisotopic (exact) mass is 430 g/mol. The van der Waals surface area contributed by atoms with Crippen LogP contribution in [0, 0.1) is 6.92 Å². The van der Waals surface area contributed by atoms with Crippen molar-refractivity contribution in [3.8, 4) is 11.3 Å². The molecule has 0 unspecified atom stereocenters. The van der Waals surface area contributed by atoms with Gasteiger partial charge >= 0.3 is 0 Å². The van der Waals surface area contributed by atoms with Gasteiger partial charge in [-0.25, -0.2) is 9.13 Å². The number of benzene rings is 2. The lowest BCUT2D eigenvalue weighted by molar-refractivity contribution is -0.689. The Labute approximate surface area is 169 Å². The van der Waals surface area contributed by atoms with Crippen LogP contribution < -0.4 is 21.5 Å². The molecule has 0 saturated heterocycles. The maximum atomic E-state index is 12.7. The van der Waals surface area contributed by atoms with E-state index < -0.39 is 0 Å². The zero-order chi connectivity index (χ0) is 17.4. The van der Waals surface area contributed by atoms with E-state index in [0.717, 1.165) is 41.2 Å². The third-order valence-electron chi connectivity index (χ3n) is 4.82.